The number of rotatable bonds is 6. The summed E-state index contributed by atoms with van der Waals surface area (Å²) in [6, 6.07) is 7.03. The van der Waals surface area contributed by atoms with Gasteiger partial charge in [-0.15, -0.1) is 11.3 Å². The van der Waals surface area contributed by atoms with Crippen molar-refractivity contribution in [3.63, 3.8) is 0 Å². The summed E-state index contributed by atoms with van der Waals surface area (Å²) in [6.07, 6.45) is 5.18. The molecule has 9 nitrogen and oxygen atoms in total. The van der Waals surface area contributed by atoms with Crippen LogP contribution in [-0.4, -0.2) is 37.8 Å². The van der Waals surface area contributed by atoms with Crippen molar-refractivity contribution < 1.29 is 14.1 Å². The van der Waals surface area contributed by atoms with E-state index in [0.29, 0.717) is 34.2 Å². The van der Waals surface area contributed by atoms with Crippen molar-refractivity contribution in [3.8, 4) is 11.3 Å². The molecule has 0 saturated carbocycles. The van der Waals surface area contributed by atoms with E-state index in [1.165, 1.54) is 11.3 Å². The fourth-order valence-electron chi connectivity index (χ4n) is 4.33. The van der Waals surface area contributed by atoms with Crippen LogP contribution in [0.5, 0.6) is 0 Å². The van der Waals surface area contributed by atoms with Crippen LogP contribution < -0.4 is 10.6 Å². The molecule has 2 unspecified atom stereocenters. The Hall–Kier alpha value is -3.50. The Balaban J connectivity index is 1.26. The van der Waals surface area contributed by atoms with Gasteiger partial charge in [0.1, 0.15) is 10.1 Å². The van der Waals surface area contributed by atoms with E-state index in [0.717, 1.165) is 28.1 Å². The molecule has 2 amide bonds. The van der Waals surface area contributed by atoms with Crippen LogP contribution in [0.15, 0.2) is 41.2 Å². The molecule has 0 saturated heterocycles. The highest BCUT2D eigenvalue weighted by molar-refractivity contribution is 7.18. The first-order valence-corrected chi connectivity index (χ1v) is 12.8. The number of carbonyl (C=O) groups is 2. The lowest BCUT2D eigenvalue weighted by Crippen LogP contribution is -2.39. The maximum atomic E-state index is 13.0. The fraction of sp³-hybridized carbons (Fsp3) is 0.320. The van der Waals surface area contributed by atoms with Crippen molar-refractivity contribution in [2.75, 3.05) is 0 Å². The molecule has 0 aromatic carbocycles. The Labute approximate surface area is 216 Å². The van der Waals surface area contributed by atoms with Crippen molar-refractivity contribution in [2.45, 2.75) is 45.2 Å². The number of fused-ring (bicyclic) bond motifs is 1. The van der Waals surface area contributed by atoms with Crippen molar-refractivity contribution in [1.82, 2.24) is 30.6 Å². The zero-order valence-electron chi connectivity index (χ0n) is 20.0. The van der Waals surface area contributed by atoms with Crippen LogP contribution in [0.2, 0.25) is 4.34 Å². The summed E-state index contributed by atoms with van der Waals surface area (Å²) in [6.45, 7) is 3.83. The first kappa shape index (κ1) is 24.2. The van der Waals surface area contributed by atoms with Gasteiger partial charge in [-0.3, -0.25) is 19.3 Å². The lowest BCUT2D eigenvalue weighted by molar-refractivity contribution is 0.0927. The molecule has 0 aliphatic heterocycles. The molecule has 0 bridgehead atoms. The average Bonchev–Trinajstić information content (AvgIpc) is 3.57. The first-order valence-electron chi connectivity index (χ1n) is 11.6. The normalized spacial score (nSPS) is 15.8. The van der Waals surface area contributed by atoms with E-state index in [1.54, 1.807) is 23.1 Å². The summed E-state index contributed by atoms with van der Waals surface area (Å²) in [4.78, 5) is 30.9. The molecule has 2 N–H and O–H groups in total. The van der Waals surface area contributed by atoms with E-state index in [9.17, 15) is 9.59 Å². The molecule has 5 rings (SSSR count). The molecule has 36 heavy (non-hydrogen) atoms. The van der Waals surface area contributed by atoms with Crippen molar-refractivity contribution in [1.29, 1.82) is 0 Å². The smallest absolute Gasteiger partial charge is 0.274 e. The van der Waals surface area contributed by atoms with Crippen LogP contribution >= 0.6 is 22.9 Å². The number of hydrogen-bond donors (Lipinski definition) is 2. The highest BCUT2D eigenvalue weighted by atomic mass is 35.5. The average molecular weight is 525 g/mol. The fourth-order valence-corrected chi connectivity index (χ4v) is 5.53. The summed E-state index contributed by atoms with van der Waals surface area (Å²) < 4.78 is 7.71. The van der Waals surface area contributed by atoms with Gasteiger partial charge in [-0.2, -0.15) is 5.10 Å². The van der Waals surface area contributed by atoms with Gasteiger partial charge >= 0.3 is 0 Å². The SMILES string of the molecule is Cc1ccc(C(C)NC(=O)c2noc3c2CC(NC(=O)c2cc(-c4ccnn4C)c(Cl)s2)CC3)nc1. The summed E-state index contributed by atoms with van der Waals surface area (Å²) in [5, 5.41) is 14.2. The maximum absolute atomic E-state index is 13.0. The number of hydrogen-bond acceptors (Lipinski definition) is 7. The lowest BCUT2D eigenvalue weighted by atomic mass is 9.91. The number of nitrogens with zero attached hydrogens (tertiary/aromatic N) is 4. The molecule has 1 aliphatic rings. The third kappa shape index (κ3) is 4.78. The second kappa shape index (κ2) is 9.87. The van der Waals surface area contributed by atoms with E-state index >= 15 is 0 Å². The van der Waals surface area contributed by atoms with Crippen molar-refractivity contribution in [2.24, 2.45) is 7.05 Å². The predicted octanol–water partition coefficient (Wildman–Crippen LogP) is 4.27. The molecule has 0 fully saturated rings. The number of nitrogens with one attached hydrogen (secondary N) is 2. The van der Waals surface area contributed by atoms with E-state index in [1.807, 2.05) is 39.1 Å². The Bertz CT molecular complexity index is 1420. The van der Waals surface area contributed by atoms with Crippen LogP contribution in [0, 0.1) is 6.92 Å². The Morgan fingerprint density at radius 1 is 1.28 bits per heavy atom. The number of amides is 2. The molecule has 0 radical (unpaired) electrons. The minimum atomic E-state index is -0.326. The van der Waals surface area contributed by atoms with Gasteiger partial charge in [0.2, 0.25) is 0 Å². The summed E-state index contributed by atoms with van der Waals surface area (Å²) in [5.41, 5.74) is 4.40. The Morgan fingerprint density at radius 3 is 2.83 bits per heavy atom. The van der Waals surface area contributed by atoms with Gasteiger partial charge in [-0.25, -0.2) is 0 Å². The van der Waals surface area contributed by atoms with Gasteiger partial charge in [0, 0.05) is 43.0 Å². The third-order valence-corrected chi connectivity index (χ3v) is 7.68. The lowest BCUT2D eigenvalue weighted by Gasteiger charge is -2.22. The number of aromatic nitrogens is 4. The summed E-state index contributed by atoms with van der Waals surface area (Å²) in [5.74, 6) is 0.155. The van der Waals surface area contributed by atoms with Gasteiger partial charge in [0.15, 0.2) is 5.69 Å². The third-order valence-electron chi connectivity index (χ3n) is 6.32. The minimum Gasteiger partial charge on any atom is -0.360 e. The van der Waals surface area contributed by atoms with Gasteiger partial charge in [0.25, 0.3) is 11.8 Å². The second-order valence-electron chi connectivity index (χ2n) is 8.94. The largest absolute Gasteiger partial charge is 0.360 e. The van der Waals surface area contributed by atoms with Crippen LogP contribution in [0.25, 0.3) is 11.3 Å². The first-order chi connectivity index (χ1) is 17.3. The monoisotopic (exact) mass is 524 g/mol. The number of thiophene rings is 1. The standard InChI is InChI=1S/C25H25ClN6O3S/c1-13-4-6-18(27-12-13)14(2)29-25(34)22-17-10-15(5-7-20(17)35-31-22)30-24(33)21-11-16(23(26)36-21)19-8-9-28-32(19)3/h4,6,8-9,11-12,14-15H,5,7,10H2,1-3H3,(H,29,34)(H,30,33). The van der Waals surface area contributed by atoms with Crippen LogP contribution in [-0.2, 0) is 19.9 Å². The Kier molecular flexibility index (Phi) is 6.63. The molecule has 1 aliphatic carbocycles. The zero-order chi connectivity index (χ0) is 25.4. The predicted molar refractivity (Wildman–Crippen MR) is 136 cm³/mol. The molecule has 0 spiro atoms. The maximum Gasteiger partial charge on any atom is 0.274 e. The van der Waals surface area contributed by atoms with Gasteiger partial charge in [-0.1, -0.05) is 22.8 Å². The molecule has 11 heteroatoms. The van der Waals surface area contributed by atoms with Gasteiger partial charge < -0.3 is 15.2 Å². The van der Waals surface area contributed by atoms with Gasteiger partial charge in [-0.05, 0) is 50.5 Å². The Morgan fingerprint density at radius 2 is 2.11 bits per heavy atom. The van der Waals surface area contributed by atoms with Crippen molar-refractivity contribution >= 4 is 34.8 Å². The number of carbonyl (C=O) groups excluding carboxylic acids is 2. The van der Waals surface area contributed by atoms with Gasteiger partial charge in [0.05, 0.1) is 22.3 Å². The summed E-state index contributed by atoms with van der Waals surface area (Å²) in [7, 11) is 1.83. The molecular formula is C25H25ClN6O3S. The zero-order valence-corrected chi connectivity index (χ0v) is 21.6. The molecule has 4 aromatic heterocycles. The molecule has 186 valence electrons. The van der Waals surface area contributed by atoms with Crippen LogP contribution in [0.1, 0.15) is 62.1 Å². The molecule has 4 aromatic rings. The number of aryl methyl sites for hydroxylation is 3. The number of halogens is 1. The van der Waals surface area contributed by atoms with Crippen LogP contribution in [0.3, 0.4) is 0 Å². The van der Waals surface area contributed by atoms with Crippen molar-refractivity contribution in [3.05, 3.63) is 74.1 Å². The molecular weight excluding hydrogens is 500 g/mol. The van der Waals surface area contributed by atoms with Crippen LogP contribution in [0.4, 0.5) is 0 Å². The quantitative estimate of drug-likeness (QED) is 0.389. The highest BCUT2D eigenvalue weighted by Crippen LogP contribution is 2.35. The number of pyridine rings is 1. The van der Waals surface area contributed by atoms with E-state index in [4.69, 9.17) is 16.1 Å². The molecule has 4 heterocycles. The highest BCUT2D eigenvalue weighted by Gasteiger charge is 2.30. The van der Waals surface area contributed by atoms with E-state index in [-0.39, 0.29) is 29.6 Å². The summed E-state index contributed by atoms with van der Waals surface area (Å²) >= 11 is 7.65. The van der Waals surface area contributed by atoms with E-state index < -0.39 is 0 Å². The topological polar surface area (TPSA) is 115 Å². The van der Waals surface area contributed by atoms with E-state index in [2.05, 4.69) is 25.9 Å². The minimum absolute atomic E-state index is 0.159. The molecule has 2 atom stereocenters. The second-order valence-corrected chi connectivity index (χ2v) is 10.6.